The largest absolute Gasteiger partial charge is 0.476 e. The normalized spacial score (nSPS) is 10.8. The highest BCUT2D eigenvalue weighted by molar-refractivity contribution is 5.96. The predicted octanol–water partition coefficient (Wildman–Crippen LogP) is 2.33. The lowest BCUT2D eigenvalue weighted by Gasteiger charge is -2.05. The van der Waals surface area contributed by atoms with Gasteiger partial charge in [0, 0.05) is 30.4 Å². The maximum absolute atomic E-state index is 11.0. The molecule has 3 aromatic rings. The number of aryl methyl sites for hydroxylation is 1. The Morgan fingerprint density at radius 1 is 1.32 bits per heavy atom. The van der Waals surface area contributed by atoms with Gasteiger partial charge >= 0.3 is 5.97 Å². The first-order chi connectivity index (χ1) is 9.16. The molecule has 2 aromatic heterocycles. The molecule has 1 N–H and O–H groups in total. The van der Waals surface area contributed by atoms with Crippen molar-refractivity contribution in [3.63, 3.8) is 0 Å². The van der Waals surface area contributed by atoms with Gasteiger partial charge in [0.25, 0.3) is 0 Å². The standard InChI is InChI=1S/C14H11N3O2/c1-17-13(7-12(16-17)14(18)19)10-4-2-3-9-5-6-15-8-11(9)10/h2-8H,1H3,(H,18,19). The molecule has 0 aliphatic carbocycles. The van der Waals surface area contributed by atoms with Gasteiger partial charge in [-0.3, -0.25) is 9.67 Å². The van der Waals surface area contributed by atoms with Gasteiger partial charge in [-0.05, 0) is 17.5 Å². The lowest BCUT2D eigenvalue weighted by molar-refractivity contribution is 0.0689. The van der Waals surface area contributed by atoms with E-state index in [1.54, 1.807) is 30.2 Å². The Bertz CT molecular complexity index is 772. The van der Waals surface area contributed by atoms with Crippen molar-refractivity contribution in [3.8, 4) is 11.3 Å². The fourth-order valence-electron chi connectivity index (χ4n) is 2.16. The van der Waals surface area contributed by atoms with Crippen LogP contribution in [0, 0.1) is 0 Å². The fraction of sp³-hybridized carbons (Fsp3) is 0.0714. The minimum atomic E-state index is -1.03. The molecule has 0 saturated carbocycles. The summed E-state index contributed by atoms with van der Waals surface area (Å²) >= 11 is 0. The molecule has 0 amide bonds. The van der Waals surface area contributed by atoms with Crippen LogP contribution in [-0.4, -0.2) is 25.8 Å². The Labute approximate surface area is 109 Å². The average Bonchev–Trinajstić information content (AvgIpc) is 2.80. The van der Waals surface area contributed by atoms with Crippen molar-refractivity contribution >= 4 is 16.7 Å². The quantitative estimate of drug-likeness (QED) is 0.761. The van der Waals surface area contributed by atoms with Gasteiger partial charge in [0.15, 0.2) is 5.69 Å². The molecule has 1 aromatic carbocycles. The zero-order chi connectivity index (χ0) is 13.4. The minimum absolute atomic E-state index is 0.0402. The Morgan fingerprint density at radius 3 is 2.89 bits per heavy atom. The number of hydrogen-bond acceptors (Lipinski definition) is 3. The summed E-state index contributed by atoms with van der Waals surface area (Å²) in [5.74, 6) is -1.03. The number of nitrogens with zero attached hydrogens (tertiary/aromatic N) is 3. The monoisotopic (exact) mass is 253 g/mol. The third kappa shape index (κ3) is 1.85. The van der Waals surface area contributed by atoms with Crippen molar-refractivity contribution in [1.82, 2.24) is 14.8 Å². The highest BCUT2D eigenvalue weighted by atomic mass is 16.4. The van der Waals surface area contributed by atoms with Crippen LogP contribution in [0.15, 0.2) is 42.7 Å². The van der Waals surface area contributed by atoms with Crippen molar-refractivity contribution in [2.75, 3.05) is 0 Å². The van der Waals surface area contributed by atoms with Gasteiger partial charge in [-0.25, -0.2) is 4.79 Å². The van der Waals surface area contributed by atoms with Crippen molar-refractivity contribution < 1.29 is 9.90 Å². The second kappa shape index (κ2) is 4.20. The third-order valence-electron chi connectivity index (χ3n) is 3.06. The number of hydrogen-bond donors (Lipinski definition) is 1. The van der Waals surface area contributed by atoms with E-state index in [2.05, 4.69) is 10.1 Å². The zero-order valence-corrected chi connectivity index (χ0v) is 10.2. The molecule has 0 spiro atoms. The van der Waals surface area contributed by atoms with Gasteiger partial charge in [-0.1, -0.05) is 18.2 Å². The number of rotatable bonds is 2. The molecule has 19 heavy (non-hydrogen) atoms. The van der Waals surface area contributed by atoms with Gasteiger partial charge in [0.1, 0.15) is 0 Å². The van der Waals surface area contributed by atoms with E-state index in [0.717, 1.165) is 22.0 Å². The summed E-state index contributed by atoms with van der Waals surface area (Å²) in [5, 5.41) is 15.0. The van der Waals surface area contributed by atoms with E-state index in [1.807, 2.05) is 24.3 Å². The van der Waals surface area contributed by atoms with Crippen LogP contribution in [0.1, 0.15) is 10.5 Å². The van der Waals surface area contributed by atoms with Crippen LogP contribution in [-0.2, 0) is 7.05 Å². The first kappa shape index (κ1) is 11.4. The van der Waals surface area contributed by atoms with Crippen LogP contribution in [0.2, 0.25) is 0 Å². The number of aromatic nitrogens is 3. The summed E-state index contributed by atoms with van der Waals surface area (Å²) in [6.07, 6.45) is 3.51. The topological polar surface area (TPSA) is 68.0 Å². The van der Waals surface area contributed by atoms with Gasteiger partial charge < -0.3 is 5.11 Å². The molecule has 0 unspecified atom stereocenters. The van der Waals surface area contributed by atoms with Crippen LogP contribution in [0.4, 0.5) is 0 Å². The van der Waals surface area contributed by atoms with Crippen molar-refractivity contribution in [1.29, 1.82) is 0 Å². The molecule has 0 fully saturated rings. The van der Waals surface area contributed by atoms with Gasteiger partial charge in [0.05, 0.1) is 5.69 Å². The maximum atomic E-state index is 11.0. The molecule has 3 rings (SSSR count). The first-order valence-electron chi connectivity index (χ1n) is 5.77. The molecular formula is C14H11N3O2. The number of carbonyl (C=O) groups is 1. The first-order valence-corrected chi connectivity index (χ1v) is 5.77. The average molecular weight is 253 g/mol. The Hall–Kier alpha value is -2.69. The number of benzene rings is 1. The van der Waals surface area contributed by atoms with E-state index >= 15 is 0 Å². The molecule has 0 aliphatic rings. The molecule has 94 valence electrons. The van der Waals surface area contributed by atoms with Gasteiger partial charge in [-0.15, -0.1) is 0 Å². The SMILES string of the molecule is Cn1nc(C(=O)O)cc1-c1cccc2ccncc12. The third-order valence-corrected chi connectivity index (χ3v) is 3.06. The van der Waals surface area contributed by atoms with Crippen molar-refractivity contribution in [2.45, 2.75) is 0 Å². The molecule has 0 atom stereocenters. The van der Waals surface area contributed by atoms with Gasteiger partial charge in [-0.2, -0.15) is 5.10 Å². The highest BCUT2D eigenvalue weighted by Gasteiger charge is 2.14. The molecule has 2 heterocycles. The number of aromatic carboxylic acids is 1. The Morgan fingerprint density at radius 2 is 2.16 bits per heavy atom. The molecule has 5 heteroatoms. The van der Waals surface area contributed by atoms with Crippen LogP contribution in [0.5, 0.6) is 0 Å². The predicted molar refractivity (Wildman–Crippen MR) is 70.9 cm³/mol. The van der Waals surface area contributed by atoms with Crippen molar-refractivity contribution in [2.24, 2.45) is 7.05 Å². The molecule has 5 nitrogen and oxygen atoms in total. The zero-order valence-electron chi connectivity index (χ0n) is 10.2. The van der Waals surface area contributed by atoms with E-state index < -0.39 is 5.97 Å². The van der Waals surface area contributed by atoms with E-state index in [0.29, 0.717) is 0 Å². The van der Waals surface area contributed by atoms with E-state index in [4.69, 9.17) is 5.11 Å². The van der Waals surface area contributed by atoms with E-state index in [1.165, 1.54) is 0 Å². The Kier molecular flexibility index (Phi) is 2.52. The smallest absolute Gasteiger partial charge is 0.356 e. The van der Waals surface area contributed by atoms with Crippen LogP contribution in [0.3, 0.4) is 0 Å². The lowest BCUT2D eigenvalue weighted by Crippen LogP contribution is -1.99. The van der Waals surface area contributed by atoms with E-state index in [9.17, 15) is 4.79 Å². The second-order valence-corrected chi connectivity index (χ2v) is 4.25. The molecule has 0 bridgehead atoms. The second-order valence-electron chi connectivity index (χ2n) is 4.25. The number of carboxylic acids is 1. The lowest BCUT2D eigenvalue weighted by atomic mass is 10.0. The van der Waals surface area contributed by atoms with Crippen LogP contribution in [0.25, 0.3) is 22.0 Å². The maximum Gasteiger partial charge on any atom is 0.356 e. The highest BCUT2D eigenvalue weighted by Crippen LogP contribution is 2.28. The van der Waals surface area contributed by atoms with Crippen LogP contribution < -0.4 is 0 Å². The summed E-state index contributed by atoms with van der Waals surface area (Å²) in [4.78, 5) is 15.1. The number of carboxylic acid groups (broad SMARTS) is 1. The summed E-state index contributed by atoms with van der Waals surface area (Å²) in [6, 6.07) is 9.37. The fourth-order valence-corrected chi connectivity index (χ4v) is 2.16. The Balaban J connectivity index is 2.27. The van der Waals surface area contributed by atoms with Crippen molar-refractivity contribution in [3.05, 3.63) is 48.4 Å². The van der Waals surface area contributed by atoms with E-state index in [-0.39, 0.29) is 5.69 Å². The molecule has 0 saturated heterocycles. The summed E-state index contributed by atoms with van der Waals surface area (Å²) in [6.45, 7) is 0. The molecule has 0 radical (unpaired) electrons. The number of pyridine rings is 1. The molecule has 0 aliphatic heterocycles. The summed E-state index contributed by atoms with van der Waals surface area (Å²) in [7, 11) is 1.73. The molecular weight excluding hydrogens is 242 g/mol. The number of fused-ring (bicyclic) bond motifs is 1. The minimum Gasteiger partial charge on any atom is -0.476 e. The van der Waals surface area contributed by atoms with Crippen LogP contribution >= 0.6 is 0 Å². The van der Waals surface area contributed by atoms with Gasteiger partial charge in [0.2, 0.25) is 0 Å². The summed E-state index contributed by atoms with van der Waals surface area (Å²) in [5.41, 5.74) is 1.72. The summed E-state index contributed by atoms with van der Waals surface area (Å²) < 4.78 is 1.57.